The molecule has 0 atom stereocenters. The fourth-order valence-corrected chi connectivity index (χ4v) is 2.40. The SMILES string of the molecule is Cc1nc2ccccc2n1CCc1ccc(N)cc1. The van der Waals surface area contributed by atoms with Crippen molar-refractivity contribution >= 4 is 16.7 Å². The van der Waals surface area contributed by atoms with Crippen LogP contribution in [0.15, 0.2) is 48.5 Å². The van der Waals surface area contributed by atoms with Crippen molar-refractivity contribution in [3.05, 3.63) is 59.9 Å². The molecular formula is C16H17N3. The van der Waals surface area contributed by atoms with Crippen LogP contribution in [-0.4, -0.2) is 9.55 Å². The van der Waals surface area contributed by atoms with Crippen LogP contribution in [0.4, 0.5) is 5.69 Å². The number of fused-ring (bicyclic) bond motifs is 1. The molecule has 3 nitrogen and oxygen atoms in total. The minimum absolute atomic E-state index is 0.813. The van der Waals surface area contributed by atoms with Crippen LogP contribution in [0.5, 0.6) is 0 Å². The van der Waals surface area contributed by atoms with Crippen molar-refractivity contribution in [1.29, 1.82) is 0 Å². The first-order chi connectivity index (χ1) is 9.24. The fourth-order valence-electron chi connectivity index (χ4n) is 2.40. The van der Waals surface area contributed by atoms with Gasteiger partial charge < -0.3 is 10.3 Å². The second-order valence-corrected chi connectivity index (χ2v) is 4.79. The molecule has 0 saturated carbocycles. The summed E-state index contributed by atoms with van der Waals surface area (Å²) in [6.45, 7) is 3.00. The number of para-hydroxylation sites is 2. The Morgan fingerprint density at radius 3 is 2.58 bits per heavy atom. The number of nitrogens with zero attached hydrogens (tertiary/aromatic N) is 2. The Morgan fingerprint density at radius 2 is 1.79 bits per heavy atom. The highest BCUT2D eigenvalue weighted by Crippen LogP contribution is 2.16. The fraction of sp³-hybridized carbons (Fsp3) is 0.188. The summed E-state index contributed by atoms with van der Waals surface area (Å²) in [5, 5.41) is 0. The molecule has 2 N–H and O–H groups in total. The molecule has 0 aliphatic carbocycles. The van der Waals surface area contributed by atoms with Crippen molar-refractivity contribution in [2.75, 3.05) is 5.73 Å². The van der Waals surface area contributed by atoms with E-state index in [0.29, 0.717) is 0 Å². The molecule has 1 heterocycles. The predicted octanol–water partition coefficient (Wildman–Crippen LogP) is 3.17. The molecule has 0 aliphatic rings. The zero-order chi connectivity index (χ0) is 13.2. The number of benzene rings is 2. The van der Waals surface area contributed by atoms with E-state index in [1.54, 1.807) is 0 Å². The predicted molar refractivity (Wildman–Crippen MR) is 79.0 cm³/mol. The Labute approximate surface area is 112 Å². The van der Waals surface area contributed by atoms with Gasteiger partial charge in [-0.25, -0.2) is 4.98 Å². The molecule has 0 bridgehead atoms. The summed E-state index contributed by atoms with van der Waals surface area (Å²) in [7, 11) is 0. The minimum atomic E-state index is 0.813. The average molecular weight is 251 g/mol. The van der Waals surface area contributed by atoms with E-state index in [-0.39, 0.29) is 0 Å². The molecule has 96 valence electrons. The number of hydrogen-bond donors (Lipinski definition) is 1. The number of nitrogen functional groups attached to an aromatic ring is 1. The molecule has 0 fully saturated rings. The molecule has 2 aromatic carbocycles. The van der Waals surface area contributed by atoms with Crippen LogP contribution in [0.1, 0.15) is 11.4 Å². The van der Waals surface area contributed by atoms with Gasteiger partial charge in [0.25, 0.3) is 0 Å². The van der Waals surface area contributed by atoms with Gasteiger partial charge in [-0.2, -0.15) is 0 Å². The topological polar surface area (TPSA) is 43.8 Å². The molecule has 3 heteroatoms. The van der Waals surface area contributed by atoms with Crippen LogP contribution in [0.25, 0.3) is 11.0 Å². The van der Waals surface area contributed by atoms with Crippen LogP contribution >= 0.6 is 0 Å². The molecule has 0 aliphatic heterocycles. The van der Waals surface area contributed by atoms with Gasteiger partial charge in [0.1, 0.15) is 5.82 Å². The zero-order valence-electron chi connectivity index (χ0n) is 11.0. The maximum atomic E-state index is 5.70. The lowest BCUT2D eigenvalue weighted by Crippen LogP contribution is -2.03. The van der Waals surface area contributed by atoms with Gasteiger partial charge in [-0.15, -0.1) is 0 Å². The quantitative estimate of drug-likeness (QED) is 0.727. The Bertz CT molecular complexity index is 696. The molecule has 3 aromatic rings. The van der Waals surface area contributed by atoms with Crippen LogP contribution in [0.3, 0.4) is 0 Å². The summed E-state index contributed by atoms with van der Waals surface area (Å²) in [6, 6.07) is 16.3. The van der Waals surface area contributed by atoms with Crippen molar-refractivity contribution in [3.63, 3.8) is 0 Å². The van der Waals surface area contributed by atoms with Gasteiger partial charge >= 0.3 is 0 Å². The smallest absolute Gasteiger partial charge is 0.106 e. The molecule has 0 amide bonds. The lowest BCUT2D eigenvalue weighted by molar-refractivity contribution is 0.692. The van der Waals surface area contributed by atoms with E-state index in [9.17, 15) is 0 Å². The van der Waals surface area contributed by atoms with E-state index in [0.717, 1.165) is 30.0 Å². The van der Waals surface area contributed by atoms with Crippen molar-refractivity contribution in [2.24, 2.45) is 0 Å². The number of hydrogen-bond acceptors (Lipinski definition) is 2. The summed E-state index contributed by atoms with van der Waals surface area (Å²) < 4.78 is 2.27. The van der Waals surface area contributed by atoms with Crippen molar-refractivity contribution < 1.29 is 0 Å². The second-order valence-electron chi connectivity index (χ2n) is 4.79. The molecule has 0 radical (unpaired) electrons. The average Bonchev–Trinajstić information content (AvgIpc) is 2.74. The Kier molecular flexibility index (Phi) is 2.95. The normalized spacial score (nSPS) is 11.0. The molecule has 0 unspecified atom stereocenters. The number of aromatic nitrogens is 2. The highest BCUT2D eigenvalue weighted by Gasteiger charge is 2.06. The third-order valence-corrected chi connectivity index (χ3v) is 3.45. The number of imidazole rings is 1. The van der Waals surface area contributed by atoms with E-state index in [2.05, 4.69) is 46.8 Å². The van der Waals surface area contributed by atoms with E-state index in [4.69, 9.17) is 5.73 Å². The van der Waals surface area contributed by atoms with E-state index < -0.39 is 0 Å². The first kappa shape index (κ1) is 11.8. The Morgan fingerprint density at radius 1 is 1.05 bits per heavy atom. The molecule has 0 saturated heterocycles. The summed E-state index contributed by atoms with van der Waals surface area (Å²) >= 11 is 0. The van der Waals surface area contributed by atoms with Crippen LogP contribution < -0.4 is 5.73 Å². The Balaban J connectivity index is 1.85. The Hall–Kier alpha value is -2.29. The van der Waals surface area contributed by atoms with Gasteiger partial charge in [0, 0.05) is 12.2 Å². The van der Waals surface area contributed by atoms with Crippen molar-refractivity contribution in [2.45, 2.75) is 19.9 Å². The molecule has 0 spiro atoms. The van der Waals surface area contributed by atoms with Gasteiger partial charge in [-0.1, -0.05) is 24.3 Å². The number of aryl methyl sites for hydroxylation is 3. The highest BCUT2D eigenvalue weighted by molar-refractivity contribution is 5.75. The van der Waals surface area contributed by atoms with Gasteiger partial charge in [-0.05, 0) is 43.2 Å². The third-order valence-electron chi connectivity index (χ3n) is 3.45. The molecular weight excluding hydrogens is 234 g/mol. The van der Waals surface area contributed by atoms with Gasteiger partial charge in [-0.3, -0.25) is 0 Å². The highest BCUT2D eigenvalue weighted by atomic mass is 15.1. The second kappa shape index (κ2) is 4.76. The van der Waals surface area contributed by atoms with Gasteiger partial charge in [0.2, 0.25) is 0 Å². The maximum Gasteiger partial charge on any atom is 0.106 e. The van der Waals surface area contributed by atoms with E-state index in [1.165, 1.54) is 11.1 Å². The first-order valence-corrected chi connectivity index (χ1v) is 6.50. The summed E-state index contributed by atoms with van der Waals surface area (Å²) in [4.78, 5) is 4.58. The largest absolute Gasteiger partial charge is 0.399 e. The zero-order valence-corrected chi connectivity index (χ0v) is 11.0. The number of nitrogens with two attached hydrogens (primary N) is 1. The summed E-state index contributed by atoms with van der Waals surface area (Å²) in [6.07, 6.45) is 0.988. The van der Waals surface area contributed by atoms with Gasteiger partial charge in [0.15, 0.2) is 0 Å². The minimum Gasteiger partial charge on any atom is -0.399 e. The first-order valence-electron chi connectivity index (χ1n) is 6.50. The van der Waals surface area contributed by atoms with Crippen LogP contribution in [0.2, 0.25) is 0 Å². The van der Waals surface area contributed by atoms with Crippen molar-refractivity contribution in [3.8, 4) is 0 Å². The maximum absolute atomic E-state index is 5.70. The van der Waals surface area contributed by atoms with Gasteiger partial charge in [0.05, 0.1) is 11.0 Å². The van der Waals surface area contributed by atoms with Crippen LogP contribution in [0, 0.1) is 6.92 Å². The van der Waals surface area contributed by atoms with Crippen LogP contribution in [-0.2, 0) is 13.0 Å². The standard InChI is InChI=1S/C16H17N3/c1-12-18-15-4-2-3-5-16(15)19(12)11-10-13-6-8-14(17)9-7-13/h2-9H,10-11,17H2,1H3. The number of anilines is 1. The summed E-state index contributed by atoms with van der Waals surface area (Å²) in [5.41, 5.74) is 10.1. The lowest BCUT2D eigenvalue weighted by atomic mass is 10.1. The summed E-state index contributed by atoms with van der Waals surface area (Å²) in [5.74, 6) is 1.07. The lowest BCUT2D eigenvalue weighted by Gasteiger charge is -2.07. The van der Waals surface area contributed by atoms with E-state index >= 15 is 0 Å². The monoisotopic (exact) mass is 251 g/mol. The van der Waals surface area contributed by atoms with Crippen molar-refractivity contribution in [1.82, 2.24) is 9.55 Å². The third kappa shape index (κ3) is 2.32. The molecule has 3 rings (SSSR count). The van der Waals surface area contributed by atoms with E-state index in [1.807, 2.05) is 18.2 Å². The number of rotatable bonds is 3. The molecule has 1 aromatic heterocycles. The molecule has 19 heavy (non-hydrogen) atoms.